The van der Waals surface area contributed by atoms with Gasteiger partial charge in [-0.1, -0.05) is 54.6 Å². The minimum Gasteiger partial charge on any atom is -0.480 e. The van der Waals surface area contributed by atoms with E-state index in [2.05, 4.69) is 5.32 Å². The van der Waals surface area contributed by atoms with Crippen LogP contribution in [0.25, 0.3) is 0 Å². The lowest BCUT2D eigenvalue weighted by Gasteiger charge is -2.14. The summed E-state index contributed by atoms with van der Waals surface area (Å²) in [5.41, 5.74) is 2.83. The SMILES string of the molecule is O=C(Cc1ccc(C2CO2)cc1)N[C@@H](Cc1ccccc1)C(=O)O. The number of hydrogen-bond donors (Lipinski definition) is 2. The molecule has 0 aliphatic carbocycles. The number of nitrogens with one attached hydrogen (secondary N) is 1. The van der Waals surface area contributed by atoms with Crippen LogP contribution in [0, 0.1) is 0 Å². The van der Waals surface area contributed by atoms with Gasteiger partial charge >= 0.3 is 5.97 Å². The van der Waals surface area contributed by atoms with Crippen LogP contribution in [0.4, 0.5) is 0 Å². The maximum atomic E-state index is 12.1. The van der Waals surface area contributed by atoms with E-state index in [0.29, 0.717) is 0 Å². The van der Waals surface area contributed by atoms with Gasteiger partial charge in [0.05, 0.1) is 13.0 Å². The minimum atomic E-state index is -1.03. The van der Waals surface area contributed by atoms with Crippen molar-refractivity contribution in [3.8, 4) is 0 Å². The van der Waals surface area contributed by atoms with E-state index in [4.69, 9.17) is 4.74 Å². The Labute approximate surface area is 140 Å². The van der Waals surface area contributed by atoms with Gasteiger partial charge in [-0.2, -0.15) is 0 Å². The fourth-order valence-electron chi connectivity index (χ4n) is 2.57. The molecule has 1 fully saturated rings. The Hall–Kier alpha value is -2.66. The van der Waals surface area contributed by atoms with E-state index >= 15 is 0 Å². The zero-order chi connectivity index (χ0) is 16.9. The van der Waals surface area contributed by atoms with Crippen LogP contribution in [0.2, 0.25) is 0 Å². The van der Waals surface area contributed by atoms with E-state index in [1.807, 2.05) is 54.6 Å². The molecule has 0 radical (unpaired) electrons. The first-order chi connectivity index (χ1) is 11.6. The summed E-state index contributed by atoms with van der Waals surface area (Å²) in [5, 5.41) is 11.9. The fraction of sp³-hybridized carbons (Fsp3) is 0.263. The third-order valence-electron chi connectivity index (χ3n) is 3.97. The van der Waals surface area contributed by atoms with Crippen molar-refractivity contribution in [2.75, 3.05) is 6.61 Å². The lowest BCUT2D eigenvalue weighted by Crippen LogP contribution is -2.43. The molecule has 1 saturated heterocycles. The summed E-state index contributed by atoms with van der Waals surface area (Å²) in [5.74, 6) is -1.33. The topological polar surface area (TPSA) is 78.9 Å². The highest BCUT2D eigenvalue weighted by Crippen LogP contribution is 2.29. The molecule has 2 aromatic rings. The normalized spacial score (nSPS) is 17.1. The molecule has 2 N–H and O–H groups in total. The zero-order valence-electron chi connectivity index (χ0n) is 13.1. The molecule has 1 unspecified atom stereocenters. The summed E-state index contributed by atoms with van der Waals surface area (Å²) in [6.07, 6.45) is 0.611. The highest BCUT2D eigenvalue weighted by atomic mass is 16.6. The highest BCUT2D eigenvalue weighted by molar-refractivity contribution is 5.85. The number of rotatable bonds is 7. The monoisotopic (exact) mass is 325 g/mol. The molecule has 0 saturated carbocycles. The number of carbonyl (C=O) groups excluding carboxylic acids is 1. The summed E-state index contributed by atoms with van der Waals surface area (Å²) in [6, 6.07) is 16.0. The van der Waals surface area contributed by atoms with Gasteiger partial charge in [0.15, 0.2) is 0 Å². The fourth-order valence-corrected chi connectivity index (χ4v) is 2.57. The molecule has 3 rings (SSSR count). The average Bonchev–Trinajstić information content (AvgIpc) is 3.41. The van der Waals surface area contributed by atoms with Crippen molar-refractivity contribution in [2.45, 2.75) is 25.0 Å². The molecule has 0 spiro atoms. The van der Waals surface area contributed by atoms with Crippen LogP contribution in [0.15, 0.2) is 54.6 Å². The number of benzene rings is 2. The van der Waals surface area contributed by atoms with Gasteiger partial charge in [0.1, 0.15) is 12.1 Å². The van der Waals surface area contributed by atoms with E-state index < -0.39 is 12.0 Å². The van der Waals surface area contributed by atoms with Crippen molar-refractivity contribution < 1.29 is 19.4 Å². The van der Waals surface area contributed by atoms with Gasteiger partial charge in [-0.3, -0.25) is 4.79 Å². The second-order valence-corrected chi connectivity index (χ2v) is 5.89. The predicted octanol–water partition coefficient (Wildman–Crippen LogP) is 2.11. The van der Waals surface area contributed by atoms with Gasteiger partial charge in [0, 0.05) is 6.42 Å². The van der Waals surface area contributed by atoms with Crippen LogP contribution in [-0.2, 0) is 27.2 Å². The van der Waals surface area contributed by atoms with Gasteiger partial charge < -0.3 is 15.2 Å². The lowest BCUT2D eigenvalue weighted by atomic mass is 10.0. The maximum absolute atomic E-state index is 12.1. The van der Waals surface area contributed by atoms with Crippen LogP contribution in [0.1, 0.15) is 22.8 Å². The molecular weight excluding hydrogens is 306 g/mol. The molecule has 1 aliphatic rings. The van der Waals surface area contributed by atoms with Crippen molar-refractivity contribution in [3.63, 3.8) is 0 Å². The molecule has 124 valence electrons. The summed E-state index contributed by atoms with van der Waals surface area (Å²) < 4.78 is 5.21. The largest absolute Gasteiger partial charge is 0.480 e. The first-order valence-electron chi connectivity index (χ1n) is 7.88. The Morgan fingerprint density at radius 1 is 1.08 bits per heavy atom. The second-order valence-electron chi connectivity index (χ2n) is 5.89. The van der Waals surface area contributed by atoms with Crippen molar-refractivity contribution in [2.24, 2.45) is 0 Å². The zero-order valence-corrected chi connectivity index (χ0v) is 13.1. The average molecular weight is 325 g/mol. The van der Waals surface area contributed by atoms with Crippen LogP contribution < -0.4 is 5.32 Å². The van der Waals surface area contributed by atoms with Crippen LogP contribution in [-0.4, -0.2) is 29.6 Å². The number of epoxide rings is 1. The maximum Gasteiger partial charge on any atom is 0.326 e. The number of carboxylic acid groups (broad SMARTS) is 1. The van der Waals surface area contributed by atoms with E-state index in [0.717, 1.165) is 23.3 Å². The minimum absolute atomic E-state index is 0.157. The quantitative estimate of drug-likeness (QED) is 0.764. The van der Waals surface area contributed by atoms with Crippen molar-refractivity contribution in [1.29, 1.82) is 0 Å². The van der Waals surface area contributed by atoms with Crippen molar-refractivity contribution in [3.05, 3.63) is 71.3 Å². The number of amides is 1. The summed E-state index contributed by atoms with van der Waals surface area (Å²) >= 11 is 0. The molecule has 1 heterocycles. The van der Waals surface area contributed by atoms with Crippen LogP contribution >= 0.6 is 0 Å². The van der Waals surface area contributed by atoms with E-state index in [1.165, 1.54) is 0 Å². The molecule has 1 amide bonds. The number of carbonyl (C=O) groups is 2. The molecule has 2 atom stereocenters. The first-order valence-corrected chi connectivity index (χ1v) is 7.88. The first kappa shape index (κ1) is 16.2. The third-order valence-corrected chi connectivity index (χ3v) is 3.97. The Kier molecular flexibility index (Phi) is 4.91. The summed E-state index contributed by atoms with van der Waals surface area (Å²) in [7, 11) is 0. The molecule has 24 heavy (non-hydrogen) atoms. The van der Waals surface area contributed by atoms with Gasteiger partial charge in [0.25, 0.3) is 0 Å². The molecule has 5 heteroatoms. The van der Waals surface area contributed by atoms with E-state index in [9.17, 15) is 14.7 Å². The Morgan fingerprint density at radius 3 is 2.33 bits per heavy atom. The molecule has 0 aromatic heterocycles. The molecule has 0 bridgehead atoms. The Morgan fingerprint density at radius 2 is 1.75 bits per heavy atom. The number of ether oxygens (including phenoxy) is 1. The van der Waals surface area contributed by atoms with E-state index in [1.54, 1.807) is 0 Å². The predicted molar refractivity (Wildman–Crippen MR) is 88.6 cm³/mol. The number of aliphatic carboxylic acids is 1. The smallest absolute Gasteiger partial charge is 0.326 e. The van der Waals surface area contributed by atoms with Gasteiger partial charge in [0.2, 0.25) is 5.91 Å². The Bertz CT molecular complexity index is 708. The van der Waals surface area contributed by atoms with Crippen LogP contribution in [0.5, 0.6) is 0 Å². The van der Waals surface area contributed by atoms with Gasteiger partial charge in [-0.25, -0.2) is 4.79 Å². The third kappa shape index (κ3) is 4.43. The standard InChI is InChI=1S/C19H19NO4/c21-18(11-14-6-8-15(9-7-14)17-12-24-17)20-16(19(22)23)10-13-4-2-1-3-5-13/h1-9,16-17H,10-12H2,(H,20,21)(H,22,23)/t16-,17?/m0/s1. The summed E-state index contributed by atoms with van der Waals surface area (Å²) in [6.45, 7) is 0.750. The number of hydrogen-bond acceptors (Lipinski definition) is 3. The Balaban J connectivity index is 1.57. The van der Waals surface area contributed by atoms with Crippen molar-refractivity contribution in [1.82, 2.24) is 5.32 Å². The second kappa shape index (κ2) is 7.27. The lowest BCUT2D eigenvalue weighted by molar-refractivity contribution is -0.141. The van der Waals surface area contributed by atoms with E-state index in [-0.39, 0.29) is 24.9 Å². The number of carboxylic acids is 1. The van der Waals surface area contributed by atoms with Gasteiger partial charge in [-0.15, -0.1) is 0 Å². The molecular formula is C19H19NO4. The highest BCUT2D eigenvalue weighted by Gasteiger charge is 2.24. The molecule has 5 nitrogen and oxygen atoms in total. The molecule has 1 aliphatic heterocycles. The molecule has 2 aromatic carbocycles. The van der Waals surface area contributed by atoms with Crippen LogP contribution in [0.3, 0.4) is 0 Å². The summed E-state index contributed by atoms with van der Waals surface area (Å²) in [4.78, 5) is 23.5. The van der Waals surface area contributed by atoms with Gasteiger partial charge in [-0.05, 0) is 16.7 Å². The van der Waals surface area contributed by atoms with Crippen molar-refractivity contribution >= 4 is 11.9 Å².